The van der Waals surface area contributed by atoms with Crippen LogP contribution in [-0.4, -0.2) is 4.98 Å². The summed E-state index contributed by atoms with van der Waals surface area (Å²) in [6.07, 6.45) is 3.70. The molecule has 3 heteroatoms. The molecule has 0 radical (unpaired) electrons. The Bertz CT molecular complexity index is 247. The second-order valence-electron chi connectivity index (χ2n) is 2.87. The molecule has 0 aromatic carbocycles. The molecule has 0 fully saturated rings. The number of nitrogen functional groups attached to an aromatic ring is 1. The summed E-state index contributed by atoms with van der Waals surface area (Å²) >= 11 is 0. The fourth-order valence-corrected chi connectivity index (χ4v) is 1.21. The molecule has 12 heavy (non-hydrogen) atoms. The van der Waals surface area contributed by atoms with E-state index in [0.29, 0.717) is 5.82 Å². The van der Waals surface area contributed by atoms with Crippen molar-refractivity contribution >= 4 is 5.82 Å². The normalized spacial score (nSPS) is 12.8. The summed E-state index contributed by atoms with van der Waals surface area (Å²) in [7, 11) is 0. The number of nitrogens with two attached hydrogens (primary N) is 2. The van der Waals surface area contributed by atoms with Crippen molar-refractivity contribution in [2.45, 2.75) is 25.8 Å². The van der Waals surface area contributed by atoms with E-state index in [1.165, 1.54) is 0 Å². The van der Waals surface area contributed by atoms with E-state index < -0.39 is 0 Å². The van der Waals surface area contributed by atoms with Gasteiger partial charge in [-0.3, -0.25) is 0 Å². The third-order valence-electron chi connectivity index (χ3n) is 1.87. The smallest absolute Gasteiger partial charge is 0.128 e. The monoisotopic (exact) mass is 165 g/mol. The van der Waals surface area contributed by atoms with Gasteiger partial charge in [0.1, 0.15) is 5.82 Å². The largest absolute Gasteiger partial charge is 0.383 e. The number of pyridine rings is 1. The highest BCUT2D eigenvalue weighted by Crippen LogP contribution is 2.19. The number of aromatic nitrogens is 1. The van der Waals surface area contributed by atoms with Gasteiger partial charge < -0.3 is 11.5 Å². The Kier molecular flexibility index (Phi) is 3.05. The van der Waals surface area contributed by atoms with Crippen LogP contribution >= 0.6 is 0 Å². The number of hydrogen-bond donors (Lipinski definition) is 2. The van der Waals surface area contributed by atoms with E-state index in [1.54, 1.807) is 6.20 Å². The highest BCUT2D eigenvalue weighted by molar-refractivity contribution is 5.40. The molecular weight excluding hydrogens is 150 g/mol. The first kappa shape index (κ1) is 9.00. The first-order chi connectivity index (χ1) is 5.75. The predicted molar refractivity (Wildman–Crippen MR) is 50.5 cm³/mol. The molecule has 1 rings (SSSR count). The first-order valence-electron chi connectivity index (χ1n) is 4.21. The van der Waals surface area contributed by atoms with E-state index in [-0.39, 0.29) is 6.04 Å². The van der Waals surface area contributed by atoms with Crippen molar-refractivity contribution in [3.8, 4) is 0 Å². The van der Waals surface area contributed by atoms with Crippen LogP contribution in [0.1, 0.15) is 31.4 Å². The molecular formula is C9H15N3. The van der Waals surface area contributed by atoms with Gasteiger partial charge in [-0.1, -0.05) is 19.4 Å². The van der Waals surface area contributed by atoms with Gasteiger partial charge in [0.25, 0.3) is 0 Å². The molecule has 4 N–H and O–H groups in total. The molecule has 1 atom stereocenters. The molecule has 3 nitrogen and oxygen atoms in total. The molecule has 0 unspecified atom stereocenters. The van der Waals surface area contributed by atoms with Crippen LogP contribution in [-0.2, 0) is 0 Å². The lowest BCUT2D eigenvalue weighted by Gasteiger charge is -2.11. The van der Waals surface area contributed by atoms with Crippen LogP contribution < -0.4 is 11.5 Å². The Morgan fingerprint density at radius 1 is 1.58 bits per heavy atom. The van der Waals surface area contributed by atoms with Crippen LogP contribution in [0.3, 0.4) is 0 Å². The lowest BCUT2D eigenvalue weighted by atomic mass is 10.0. The summed E-state index contributed by atoms with van der Waals surface area (Å²) in [6.45, 7) is 2.10. The number of rotatable bonds is 3. The zero-order chi connectivity index (χ0) is 8.97. The molecule has 0 bridgehead atoms. The minimum atomic E-state index is 0.0312. The van der Waals surface area contributed by atoms with Crippen molar-refractivity contribution in [3.63, 3.8) is 0 Å². The molecule has 0 amide bonds. The second-order valence-corrected chi connectivity index (χ2v) is 2.87. The minimum absolute atomic E-state index is 0.0312. The maximum Gasteiger partial charge on any atom is 0.128 e. The Morgan fingerprint density at radius 2 is 2.33 bits per heavy atom. The van der Waals surface area contributed by atoms with E-state index in [4.69, 9.17) is 11.5 Å². The molecule has 66 valence electrons. The van der Waals surface area contributed by atoms with Gasteiger partial charge in [-0.2, -0.15) is 0 Å². The third kappa shape index (κ3) is 1.95. The summed E-state index contributed by atoms with van der Waals surface area (Å²) in [5, 5.41) is 0. The first-order valence-corrected chi connectivity index (χ1v) is 4.21. The van der Waals surface area contributed by atoms with Crippen molar-refractivity contribution in [1.29, 1.82) is 0 Å². The van der Waals surface area contributed by atoms with Gasteiger partial charge in [-0.15, -0.1) is 0 Å². The SMILES string of the molecule is CCC[C@H](N)c1cccnc1N. The molecule has 0 aliphatic carbocycles. The fraction of sp³-hybridized carbons (Fsp3) is 0.444. The number of anilines is 1. The van der Waals surface area contributed by atoms with Crippen LogP contribution in [0.2, 0.25) is 0 Å². The summed E-state index contributed by atoms with van der Waals surface area (Å²) in [5.41, 5.74) is 12.5. The van der Waals surface area contributed by atoms with Gasteiger partial charge in [0, 0.05) is 17.8 Å². The average Bonchev–Trinajstić information content (AvgIpc) is 2.05. The maximum absolute atomic E-state index is 5.89. The van der Waals surface area contributed by atoms with Crippen LogP contribution in [0.25, 0.3) is 0 Å². The predicted octanol–water partition coefficient (Wildman–Crippen LogP) is 1.46. The Morgan fingerprint density at radius 3 is 2.92 bits per heavy atom. The number of nitrogens with zero attached hydrogens (tertiary/aromatic N) is 1. The quantitative estimate of drug-likeness (QED) is 0.712. The zero-order valence-electron chi connectivity index (χ0n) is 7.33. The summed E-state index contributed by atoms with van der Waals surface area (Å²) in [6, 6.07) is 3.83. The Labute approximate surface area is 72.8 Å². The van der Waals surface area contributed by atoms with Gasteiger partial charge in [-0.05, 0) is 12.5 Å². The lowest BCUT2D eigenvalue weighted by molar-refractivity contribution is 0.638. The van der Waals surface area contributed by atoms with Crippen molar-refractivity contribution in [1.82, 2.24) is 4.98 Å². The molecule has 1 heterocycles. The van der Waals surface area contributed by atoms with Gasteiger partial charge in [0.15, 0.2) is 0 Å². The van der Waals surface area contributed by atoms with E-state index >= 15 is 0 Å². The molecule has 0 aliphatic heterocycles. The standard InChI is InChI=1S/C9H15N3/c1-2-4-8(10)7-5-3-6-12-9(7)11/h3,5-6,8H,2,4,10H2,1H3,(H2,11,12)/t8-/m0/s1. The molecule has 0 aliphatic rings. The lowest BCUT2D eigenvalue weighted by Crippen LogP contribution is -2.12. The summed E-state index contributed by atoms with van der Waals surface area (Å²) in [4.78, 5) is 3.98. The zero-order valence-corrected chi connectivity index (χ0v) is 7.33. The molecule has 1 aromatic heterocycles. The number of hydrogen-bond acceptors (Lipinski definition) is 3. The van der Waals surface area contributed by atoms with Crippen molar-refractivity contribution < 1.29 is 0 Å². The van der Waals surface area contributed by atoms with Gasteiger partial charge >= 0.3 is 0 Å². The van der Waals surface area contributed by atoms with Crippen LogP contribution in [0.15, 0.2) is 18.3 Å². The van der Waals surface area contributed by atoms with E-state index in [0.717, 1.165) is 18.4 Å². The topological polar surface area (TPSA) is 64.9 Å². The molecule has 0 spiro atoms. The summed E-state index contributed by atoms with van der Waals surface area (Å²) < 4.78 is 0. The van der Waals surface area contributed by atoms with Crippen molar-refractivity contribution in [3.05, 3.63) is 23.9 Å². The van der Waals surface area contributed by atoms with Gasteiger partial charge in [0.05, 0.1) is 0 Å². The molecule has 0 saturated carbocycles. The van der Waals surface area contributed by atoms with Gasteiger partial charge in [-0.25, -0.2) is 4.98 Å². The Hall–Kier alpha value is -1.09. The highest BCUT2D eigenvalue weighted by atomic mass is 14.8. The van der Waals surface area contributed by atoms with Crippen molar-refractivity contribution in [2.24, 2.45) is 5.73 Å². The van der Waals surface area contributed by atoms with Crippen LogP contribution in [0.4, 0.5) is 5.82 Å². The van der Waals surface area contributed by atoms with Crippen LogP contribution in [0, 0.1) is 0 Å². The highest BCUT2D eigenvalue weighted by Gasteiger charge is 2.07. The summed E-state index contributed by atoms with van der Waals surface area (Å²) in [5.74, 6) is 0.554. The third-order valence-corrected chi connectivity index (χ3v) is 1.87. The second kappa shape index (κ2) is 4.07. The van der Waals surface area contributed by atoms with Crippen molar-refractivity contribution in [2.75, 3.05) is 5.73 Å². The van der Waals surface area contributed by atoms with E-state index in [1.807, 2.05) is 12.1 Å². The average molecular weight is 165 g/mol. The Balaban J connectivity index is 2.79. The maximum atomic E-state index is 5.89. The molecule has 1 aromatic rings. The van der Waals surface area contributed by atoms with Gasteiger partial charge in [0.2, 0.25) is 0 Å². The minimum Gasteiger partial charge on any atom is -0.383 e. The fourth-order valence-electron chi connectivity index (χ4n) is 1.21. The van der Waals surface area contributed by atoms with Crippen LogP contribution in [0.5, 0.6) is 0 Å². The molecule has 0 saturated heterocycles. The van der Waals surface area contributed by atoms with E-state index in [9.17, 15) is 0 Å². The van der Waals surface area contributed by atoms with E-state index in [2.05, 4.69) is 11.9 Å².